The Hall–Kier alpha value is -2.23. The van der Waals surface area contributed by atoms with Crippen molar-refractivity contribution in [3.63, 3.8) is 0 Å². The molecule has 7 heteroatoms. The van der Waals surface area contributed by atoms with Crippen LogP contribution in [0.25, 0.3) is 0 Å². The van der Waals surface area contributed by atoms with Crippen LogP contribution in [0.2, 0.25) is 0 Å². The summed E-state index contributed by atoms with van der Waals surface area (Å²) < 4.78 is 45.0. The number of benzene rings is 1. The molecule has 0 aromatic heterocycles. The van der Waals surface area contributed by atoms with Crippen molar-refractivity contribution >= 4 is 5.97 Å². The molecular weight excluding hydrogens is 263 g/mol. The zero-order valence-electron chi connectivity index (χ0n) is 10.2. The normalized spacial score (nSPS) is 10.7. The fourth-order valence-electron chi connectivity index (χ4n) is 1.61. The molecule has 1 aromatic carbocycles. The third kappa shape index (κ3) is 3.37. The Morgan fingerprint density at radius 2 is 2.05 bits per heavy atom. The monoisotopic (exact) mass is 273 g/mol. The first-order chi connectivity index (χ1) is 8.84. The van der Waals surface area contributed by atoms with Crippen molar-refractivity contribution in [1.29, 1.82) is 5.26 Å². The van der Waals surface area contributed by atoms with E-state index >= 15 is 0 Å². The van der Waals surface area contributed by atoms with Gasteiger partial charge in [-0.25, -0.2) is 4.79 Å². The van der Waals surface area contributed by atoms with E-state index in [1.165, 1.54) is 0 Å². The Bertz CT molecular complexity index is 532. The van der Waals surface area contributed by atoms with E-state index in [1.807, 2.05) is 0 Å². The number of carbonyl (C=O) groups excluding carboxylic acids is 1. The van der Waals surface area contributed by atoms with Gasteiger partial charge in [0, 0.05) is 5.56 Å². The Morgan fingerprint density at radius 3 is 2.47 bits per heavy atom. The number of methoxy groups -OCH3 is 1. The molecule has 0 saturated heterocycles. The maximum atomic E-state index is 12.2. The van der Waals surface area contributed by atoms with Crippen LogP contribution in [0.5, 0.6) is 5.75 Å². The van der Waals surface area contributed by atoms with E-state index in [4.69, 9.17) is 5.26 Å². The molecule has 1 aromatic rings. The first-order valence-electron chi connectivity index (χ1n) is 5.24. The minimum atomic E-state index is -4.86. The Kier molecular flexibility index (Phi) is 4.38. The molecule has 0 bridgehead atoms. The van der Waals surface area contributed by atoms with E-state index < -0.39 is 18.1 Å². The molecule has 0 aliphatic rings. The Morgan fingerprint density at radius 1 is 1.42 bits per heavy atom. The molecule has 4 nitrogen and oxygen atoms in total. The van der Waals surface area contributed by atoms with Gasteiger partial charge in [0.1, 0.15) is 11.8 Å². The molecule has 0 aliphatic carbocycles. The third-order valence-electron chi connectivity index (χ3n) is 2.37. The molecule has 1 rings (SSSR count). The summed E-state index contributed by atoms with van der Waals surface area (Å²) in [4.78, 5) is 11.4. The van der Waals surface area contributed by atoms with Crippen LogP contribution in [0.1, 0.15) is 28.4 Å². The summed E-state index contributed by atoms with van der Waals surface area (Å²) in [5.41, 5.74) is -0.241. The van der Waals surface area contributed by atoms with E-state index in [0.29, 0.717) is 0 Å². The van der Waals surface area contributed by atoms with Crippen molar-refractivity contribution < 1.29 is 27.4 Å². The number of esters is 1. The van der Waals surface area contributed by atoms with E-state index in [-0.39, 0.29) is 23.1 Å². The van der Waals surface area contributed by atoms with Crippen LogP contribution in [0, 0.1) is 11.3 Å². The Balaban J connectivity index is 3.40. The molecule has 0 fully saturated rings. The van der Waals surface area contributed by atoms with Gasteiger partial charge in [-0.05, 0) is 18.6 Å². The standard InChI is InChI=1S/C12H10F3NO3/c1-3-7-9(6-16)8(11(17)18-2)4-5-10(7)19-12(13,14)15/h4-5H,3H2,1-2H3. The number of hydrogen-bond acceptors (Lipinski definition) is 4. The molecule has 0 radical (unpaired) electrons. The lowest BCUT2D eigenvalue weighted by atomic mass is 9.99. The lowest BCUT2D eigenvalue weighted by molar-refractivity contribution is -0.274. The minimum absolute atomic E-state index is 0.0164. The van der Waals surface area contributed by atoms with Gasteiger partial charge >= 0.3 is 12.3 Å². The highest BCUT2D eigenvalue weighted by molar-refractivity contribution is 5.93. The average molecular weight is 273 g/mol. The molecule has 0 amide bonds. The summed E-state index contributed by atoms with van der Waals surface area (Å²) in [5, 5.41) is 9.00. The van der Waals surface area contributed by atoms with Crippen LogP contribution >= 0.6 is 0 Å². The molecule has 0 heterocycles. The first kappa shape index (κ1) is 14.8. The average Bonchev–Trinajstić information content (AvgIpc) is 2.35. The predicted octanol–water partition coefficient (Wildman–Crippen LogP) is 2.81. The van der Waals surface area contributed by atoms with Gasteiger partial charge in [-0.1, -0.05) is 6.92 Å². The van der Waals surface area contributed by atoms with Crippen LogP contribution in [-0.2, 0) is 11.2 Å². The topological polar surface area (TPSA) is 59.3 Å². The molecule has 19 heavy (non-hydrogen) atoms. The van der Waals surface area contributed by atoms with Crippen LogP contribution in [0.4, 0.5) is 13.2 Å². The smallest absolute Gasteiger partial charge is 0.465 e. The van der Waals surface area contributed by atoms with Crippen LogP contribution in [-0.4, -0.2) is 19.4 Å². The highest BCUT2D eigenvalue weighted by Crippen LogP contribution is 2.31. The fraction of sp³-hybridized carbons (Fsp3) is 0.333. The Labute approximate surface area is 107 Å². The van der Waals surface area contributed by atoms with Crippen LogP contribution in [0.3, 0.4) is 0 Å². The summed E-state index contributed by atoms with van der Waals surface area (Å²) in [6.45, 7) is 1.56. The number of carbonyl (C=O) groups is 1. The van der Waals surface area contributed by atoms with Crippen molar-refractivity contribution in [2.45, 2.75) is 19.7 Å². The van der Waals surface area contributed by atoms with Gasteiger partial charge in [-0.15, -0.1) is 13.2 Å². The molecule has 0 atom stereocenters. The van der Waals surface area contributed by atoms with Gasteiger partial charge in [0.05, 0.1) is 18.2 Å². The van der Waals surface area contributed by atoms with Crippen LogP contribution in [0.15, 0.2) is 12.1 Å². The van der Waals surface area contributed by atoms with Gasteiger partial charge < -0.3 is 9.47 Å². The van der Waals surface area contributed by atoms with Crippen molar-refractivity contribution in [3.05, 3.63) is 28.8 Å². The lowest BCUT2D eigenvalue weighted by Crippen LogP contribution is -2.19. The van der Waals surface area contributed by atoms with Gasteiger partial charge in [0.2, 0.25) is 0 Å². The highest BCUT2D eigenvalue weighted by atomic mass is 19.4. The molecule has 0 aliphatic heterocycles. The molecular formula is C12H10F3NO3. The van der Waals surface area contributed by atoms with Crippen molar-refractivity contribution in [2.75, 3.05) is 7.11 Å². The zero-order valence-corrected chi connectivity index (χ0v) is 10.2. The van der Waals surface area contributed by atoms with Gasteiger partial charge in [-0.2, -0.15) is 5.26 Å². The number of rotatable bonds is 3. The van der Waals surface area contributed by atoms with Gasteiger partial charge in [-0.3, -0.25) is 0 Å². The summed E-state index contributed by atoms with van der Waals surface area (Å²) in [6, 6.07) is 3.78. The predicted molar refractivity (Wildman–Crippen MR) is 58.6 cm³/mol. The lowest BCUT2D eigenvalue weighted by Gasteiger charge is -2.15. The van der Waals surface area contributed by atoms with E-state index in [0.717, 1.165) is 19.2 Å². The van der Waals surface area contributed by atoms with Gasteiger partial charge in [0.25, 0.3) is 0 Å². The fourth-order valence-corrected chi connectivity index (χ4v) is 1.61. The van der Waals surface area contributed by atoms with Crippen molar-refractivity contribution in [3.8, 4) is 11.8 Å². The number of nitrogens with zero attached hydrogens (tertiary/aromatic N) is 1. The summed E-state index contributed by atoms with van der Waals surface area (Å²) in [5.74, 6) is -1.27. The van der Waals surface area contributed by atoms with E-state index in [1.54, 1.807) is 13.0 Å². The second kappa shape index (κ2) is 5.61. The van der Waals surface area contributed by atoms with Gasteiger partial charge in [0.15, 0.2) is 0 Å². The molecule has 102 valence electrons. The number of hydrogen-bond donors (Lipinski definition) is 0. The third-order valence-corrected chi connectivity index (χ3v) is 2.37. The SMILES string of the molecule is CCc1c(OC(F)(F)F)ccc(C(=O)OC)c1C#N. The van der Waals surface area contributed by atoms with Crippen LogP contribution < -0.4 is 4.74 Å². The van der Waals surface area contributed by atoms with E-state index in [2.05, 4.69) is 9.47 Å². The highest BCUT2D eigenvalue weighted by Gasteiger charge is 2.33. The number of halogens is 3. The first-order valence-corrected chi connectivity index (χ1v) is 5.24. The number of ether oxygens (including phenoxy) is 2. The maximum absolute atomic E-state index is 12.2. The summed E-state index contributed by atoms with van der Waals surface area (Å²) >= 11 is 0. The minimum Gasteiger partial charge on any atom is -0.465 e. The molecule has 0 N–H and O–H groups in total. The van der Waals surface area contributed by atoms with Crippen molar-refractivity contribution in [1.82, 2.24) is 0 Å². The second-order valence-corrected chi connectivity index (χ2v) is 3.47. The molecule has 0 unspecified atom stereocenters. The quantitative estimate of drug-likeness (QED) is 0.794. The summed E-state index contributed by atoms with van der Waals surface area (Å²) in [6.07, 6.45) is -4.75. The number of alkyl halides is 3. The second-order valence-electron chi connectivity index (χ2n) is 3.47. The van der Waals surface area contributed by atoms with E-state index in [9.17, 15) is 18.0 Å². The zero-order chi connectivity index (χ0) is 14.6. The number of nitriles is 1. The molecule has 0 saturated carbocycles. The maximum Gasteiger partial charge on any atom is 0.573 e. The largest absolute Gasteiger partial charge is 0.573 e. The summed E-state index contributed by atoms with van der Waals surface area (Å²) in [7, 11) is 1.12. The van der Waals surface area contributed by atoms with Crippen molar-refractivity contribution in [2.24, 2.45) is 0 Å². The molecule has 0 spiro atoms.